The van der Waals surface area contributed by atoms with E-state index in [1.54, 1.807) is 11.9 Å². The molecule has 0 amide bonds. The maximum Gasteiger partial charge on any atom is 0.182 e. The van der Waals surface area contributed by atoms with Gasteiger partial charge in [-0.1, -0.05) is 18.6 Å². The van der Waals surface area contributed by atoms with Gasteiger partial charge in [-0.2, -0.15) is 0 Å². The lowest BCUT2D eigenvalue weighted by Gasteiger charge is -2.31. The molecule has 2 rings (SSSR count). The van der Waals surface area contributed by atoms with Crippen LogP contribution in [0, 0.1) is 17.6 Å². The highest BCUT2D eigenvalue weighted by molar-refractivity contribution is 7.80. The van der Waals surface area contributed by atoms with E-state index in [1.165, 1.54) is 31.4 Å². The number of benzene rings is 1. The molecule has 2 N–H and O–H groups in total. The van der Waals surface area contributed by atoms with Gasteiger partial charge in [0.15, 0.2) is 11.6 Å². The van der Waals surface area contributed by atoms with Gasteiger partial charge in [0, 0.05) is 19.2 Å². The number of hydrogen-bond donors (Lipinski definition) is 1. The van der Waals surface area contributed by atoms with Gasteiger partial charge in [-0.3, -0.25) is 0 Å². The summed E-state index contributed by atoms with van der Waals surface area (Å²) in [6, 6.07) is 2.97. The number of anilines is 1. The van der Waals surface area contributed by atoms with Gasteiger partial charge in [0.25, 0.3) is 0 Å². The molecule has 0 aliphatic heterocycles. The van der Waals surface area contributed by atoms with Gasteiger partial charge in [0.05, 0.1) is 5.69 Å². The summed E-state index contributed by atoms with van der Waals surface area (Å²) >= 11 is 4.67. The molecule has 1 aromatic carbocycles. The largest absolute Gasteiger partial charge is 0.389 e. The minimum Gasteiger partial charge on any atom is -0.389 e. The Morgan fingerprint density at radius 2 is 2.06 bits per heavy atom. The lowest BCUT2D eigenvalue weighted by Crippen LogP contribution is -2.30. The summed E-state index contributed by atoms with van der Waals surface area (Å²) in [5.74, 6) is -1.24. The second kappa shape index (κ2) is 5.18. The third-order valence-electron chi connectivity index (χ3n) is 3.50. The molecule has 5 heteroatoms. The van der Waals surface area contributed by atoms with Crippen molar-refractivity contribution in [2.75, 3.05) is 18.5 Å². The Kier molecular flexibility index (Phi) is 3.80. The third-order valence-corrected chi connectivity index (χ3v) is 3.72. The Hall–Kier alpha value is -1.23. The summed E-state index contributed by atoms with van der Waals surface area (Å²) in [6.45, 7) is 0.753. The number of rotatable bonds is 4. The van der Waals surface area contributed by atoms with Gasteiger partial charge in [0.2, 0.25) is 0 Å². The van der Waals surface area contributed by atoms with E-state index in [4.69, 9.17) is 5.73 Å². The molecule has 0 aromatic heterocycles. The molecule has 98 valence electrons. The van der Waals surface area contributed by atoms with Crippen LogP contribution < -0.4 is 10.6 Å². The molecule has 1 saturated carbocycles. The van der Waals surface area contributed by atoms with E-state index in [2.05, 4.69) is 12.2 Å². The van der Waals surface area contributed by atoms with Crippen LogP contribution in [-0.4, -0.2) is 18.6 Å². The molecule has 1 fully saturated rings. The average Bonchev–Trinajstić information content (AvgIpc) is 2.26. The summed E-state index contributed by atoms with van der Waals surface area (Å²) in [5, 5.41) is 0. The highest BCUT2D eigenvalue weighted by Gasteiger charge is 2.22. The number of nitrogens with two attached hydrogens (primary N) is 1. The maximum atomic E-state index is 13.9. The van der Waals surface area contributed by atoms with Gasteiger partial charge < -0.3 is 10.6 Å². The van der Waals surface area contributed by atoms with Crippen LogP contribution in [0.15, 0.2) is 12.1 Å². The second-order valence-corrected chi connectivity index (χ2v) is 5.24. The fourth-order valence-electron chi connectivity index (χ4n) is 2.19. The first kappa shape index (κ1) is 13.2. The van der Waals surface area contributed by atoms with Crippen molar-refractivity contribution >= 4 is 22.9 Å². The quantitative estimate of drug-likeness (QED) is 0.853. The van der Waals surface area contributed by atoms with Crippen LogP contribution in [0.3, 0.4) is 0 Å². The highest BCUT2D eigenvalue weighted by atomic mass is 32.1. The fourth-order valence-corrected chi connectivity index (χ4v) is 2.34. The van der Waals surface area contributed by atoms with Gasteiger partial charge in [-0.05, 0) is 30.9 Å². The Bertz CT molecular complexity index is 472. The molecule has 0 bridgehead atoms. The summed E-state index contributed by atoms with van der Waals surface area (Å²) in [5.41, 5.74) is 5.56. The van der Waals surface area contributed by atoms with E-state index < -0.39 is 11.6 Å². The molecule has 0 spiro atoms. The van der Waals surface area contributed by atoms with E-state index in [1.807, 2.05) is 0 Å². The number of thiocarbonyl (C=S) groups is 1. The number of hydrogen-bond acceptors (Lipinski definition) is 2. The highest BCUT2D eigenvalue weighted by Crippen LogP contribution is 2.30. The van der Waals surface area contributed by atoms with E-state index in [0.717, 1.165) is 6.54 Å². The molecule has 1 aliphatic carbocycles. The molecular weight excluding hydrogens is 254 g/mol. The van der Waals surface area contributed by atoms with Crippen molar-refractivity contribution in [2.24, 2.45) is 11.7 Å². The lowest BCUT2D eigenvalue weighted by molar-refractivity contribution is 0.320. The van der Waals surface area contributed by atoms with Gasteiger partial charge in [0.1, 0.15) is 4.99 Å². The van der Waals surface area contributed by atoms with Crippen molar-refractivity contribution in [3.8, 4) is 0 Å². The molecule has 0 unspecified atom stereocenters. The van der Waals surface area contributed by atoms with Crippen LogP contribution >= 0.6 is 12.2 Å². The van der Waals surface area contributed by atoms with Crippen molar-refractivity contribution < 1.29 is 8.78 Å². The Labute approximate surface area is 111 Å². The number of halogens is 2. The Balaban J connectivity index is 2.22. The molecule has 18 heavy (non-hydrogen) atoms. The van der Waals surface area contributed by atoms with Crippen LogP contribution in [0.4, 0.5) is 14.5 Å². The molecule has 0 saturated heterocycles. The van der Waals surface area contributed by atoms with Crippen LogP contribution in [-0.2, 0) is 0 Å². The summed E-state index contributed by atoms with van der Waals surface area (Å²) in [4.78, 5) is 1.63. The Morgan fingerprint density at radius 1 is 1.39 bits per heavy atom. The van der Waals surface area contributed by atoms with Crippen LogP contribution in [0.1, 0.15) is 24.8 Å². The van der Waals surface area contributed by atoms with E-state index in [9.17, 15) is 8.78 Å². The molecule has 0 atom stereocenters. The molecule has 0 heterocycles. The van der Waals surface area contributed by atoms with Crippen molar-refractivity contribution in [1.29, 1.82) is 0 Å². The molecular formula is C13H16F2N2S. The second-order valence-electron chi connectivity index (χ2n) is 4.80. The molecule has 0 radical (unpaired) electrons. The first-order valence-corrected chi connectivity index (χ1v) is 6.40. The van der Waals surface area contributed by atoms with E-state index >= 15 is 0 Å². The van der Waals surface area contributed by atoms with Crippen molar-refractivity contribution in [3.63, 3.8) is 0 Å². The molecule has 1 aromatic rings. The van der Waals surface area contributed by atoms with E-state index in [-0.39, 0.29) is 16.2 Å². The molecule has 2 nitrogen and oxygen atoms in total. The topological polar surface area (TPSA) is 29.3 Å². The standard InChI is InChI=1S/C13H16F2N2S/c1-17(7-8-3-2-4-8)10-6-5-9(13(16)18)11(14)12(10)15/h5-6,8H,2-4,7H2,1H3,(H2,16,18). The average molecular weight is 270 g/mol. The Morgan fingerprint density at radius 3 is 2.56 bits per heavy atom. The zero-order valence-corrected chi connectivity index (χ0v) is 11.1. The van der Waals surface area contributed by atoms with Crippen LogP contribution in [0.5, 0.6) is 0 Å². The van der Waals surface area contributed by atoms with Crippen molar-refractivity contribution in [3.05, 3.63) is 29.3 Å². The fraction of sp³-hybridized carbons (Fsp3) is 0.462. The summed E-state index contributed by atoms with van der Waals surface area (Å²) in [7, 11) is 1.77. The van der Waals surface area contributed by atoms with Crippen molar-refractivity contribution in [1.82, 2.24) is 0 Å². The predicted molar refractivity (Wildman–Crippen MR) is 72.9 cm³/mol. The van der Waals surface area contributed by atoms with Crippen molar-refractivity contribution in [2.45, 2.75) is 19.3 Å². The lowest BCUT2D eigenvalue weighted by atomic mass is 9.85. The minimum absolute atomic E-state index is 0.0386. The zero-order valence-electron chi connectivity index (χ0n) is 10.2. The maximum absolute atomic E-state index is 13.9. The van der Waals surface area contributed by atoms with E-state index in [0.29, 0.717) is 5.92 Å². The normalized spacial score (nSPS) is 15.3. The number of nitrogens with zero attached hydrogens (tertiary/aromatic N) is 1. The first-order chi connectivity index (χ1) is 8.50. The van der Waals surface area contributed by atoms with Gasteiger partial charge in [-0.15, -0.1) is 0 Å². The monoisotopic (exact) mass is 270 g/mol. The minimum atomic E-state index is -0.958. The van der Waals surface area contributed by atoms with Gasteiger partial charge >= 0.3 is 0 Å². The third kappa shape index (κ3) is 2.46. The predicted octanol–water partition coefficient (Wildman–Crippen LogP) is 2.84. The molecule has 1 aliphatic rings. The summed E-state index contributed by atoms with van der Waals surface area (Å²) < 4.78 is 27.7. The van der Waals surface area contributed by atoms with Crippen LogP contribution in [0.2, 0.25) is 0 Å². The first-order valence-electron chi connectivity index (χ1n) is 5.99. The zero-order chi connectivity index (χ0) is 13.3. The SMILES string of the molecule is CN(CC1CCC1)c1ccc(C(N)=S)c(F)c1F. The van der Waals surface area contributed by atoms with Crippen LogP contribution in [0.25, 0.3) is 0 Å². The smallest absolute Gasteiger partial charge is 0.182 e. The summed E-state index contributed by atoms with van der Waals surface area (Å²) in [6.07, 6.45) is 3.56. The van der Waals surface area contributed by atoms with Gasteiger partial charge in [-0.25, -0.2) is 8.78 Å².